The highest BCUT2D eigenvalue weighted by atomic mass is 35.5. The maximum atomic E-state index is 12.4. The van der Waals surface area contributed by atoms with Gasteiger partial charge in [-0.05, 0) is 31.7 Å². The van der Waals surface area contributed by atoms with Crippen LogP contribution in [0.3, 0.4) is 0 Å². The van der Waals surface area contributed by atoms with Crippen LogP contribution in [0.1, 0.15) is 45.2 Å². The molecule has 1 aromatic carbocycles. The van der Waals surface area contributed by atoms with Crippen molar-refractivity contribution >= 4 is 18.3 Å². The molecule has 2 rings (SSSR count). The van der Waals surface area contributed by atoms with Gasteiger partial charge in [0.05, 0.1) is 0 Å². The van der Waals surface area contributed by atoms with Crippen LogP contribution in [-0.4, -0.2) is 22.9 Å². The van der Waals surface area contributed by atoms with Gasteiger partial charge in [-0.25, -0.2) is 0 Å². The van der Waals surface area contributed by atoms with Gasteiger partial charge in [-0.2, -0.15) is 0 Å². The number of amides is 1. The Morgan fingerprint density at radius 1 is 1.40 bits per heavy atom. The van der Waals surface area contributed by atoms with Crippen LogP contribution in [-0.2, 0) is 4.79 Å². The van der Waals surface area contributed by atoms with Crippen molar-refractivity contribution in [2.24, 2.45) is 11.7 Å². The van der Waals surface area contributed by atoms with Crippen molar-refractivity contribution < 1.29 is 4.79 Å². The second kappa shape index (κ2) is 6.59. The molecule has 1 saturated heterocycles. The van der Waals surface area contributed by atoms with Crippen molar-refractivity contribution in [3.05, 3.63) is 35.9 Å². The summed E-state index contributed by atoms with van der Waals surface area (Å²) in [5, 5.41) is 0. The minimum absolute atomic E-state index is 0. The van der Waals surface area contributed by atoms with Gasteiger partial charge in [0, 0.05) is 24.5 Å². The molecular formula is C16H25ClN2O. The molecule has 1 aromatic rings. The fourth-order valence-electron chi connectivity index (χ4n) is 3.14. The number of nitrogens with zero attached hydrogens (tertiary/aromatic N) is 1. The van der Waals surface area contributed by atoms with Gasteiger partial charge in [-0.3, -0.25) is 4.79 Å². The first kappa shape index (κ1) is 17.0. The lowest BCUT2D eigenvalue weighted by atomic mass is 9.97. The lowest BCUT2D eigenvalue weighted by Gasteiger charge is -2.32. The van der Waals surface area contributed by atoms with E-state index in [4.69, 9.17) is 5.73 Å². The minimum atomic E-state index is -0.208. The summed E-state index contributed by atoms with van der Waals surface area (Å²) >= 11 is 0. The standard InChI is InChI=1S/C16H24N2O.ClH/c1-12-10-16(2,3)18(11-12)15(19)9-14(17)13-7-5-4-6-8-13;/h4-8,12,14H,9-11,17H2,1-3H3;1H. The van der Waals surface area contributed by atoms with E-state index in [-0.39, 0.29) is 29.9 Å². The summed E-state index contributed by atoms with van der Waals surface area (Å²) < 4.78 is 0. The number of carbonyl (C=O) groups excluding carboxylic acids is 1. The first-order chi connectivity index (χ1) is 8.90. The van der Waals surface area contributed by atoms with Gasteiger partial charge < -0.3 is 10.6 Å². The predicted octanol–water partition coefficient (Wildman–Crippen LogP) is 3.15. The zero-order valence-electron chi connectivity index (χ0n) is 12.5. The molecule has 0 saturated carbocycles. The Morgan fingerprint density at radius 2 is 2.00 bits per heavy atom. The molecule has 1 aliphatic heterocycles. The van der Waals surface area contributed by atoms with E-state index in [1.807, 2.05) is 35.2 Å². The van der Waals surface area contributed by atoms with Crippen LogP contribution in [0, 0.1) is 5.92 Å². The third-order valence-electron chi connectivity index (χ3n) is 4.00. The Hall–Kier alpha value is -1.06. The molecule has 2 atom stereocenters. The van der Waals surface area contributed by atoms with Gasteiger partial charge in [0.1, 0.15) is 0 Å². The summed E-state index contributed by atoms with van der Waals surface area (Å²) in [4.78, 5) is 14.4. The number of hydrogen-bond acceptors (Lipinski definition) is 2. The van der Waals surface area contributed by atoms with Crippen molar-refractivity contribution in [1.29, 1.82) is 0 Å². The highest BCUT2D eigenvalue weighted by Crippen LogP contribution is 2.33. The fourth-order valence-corrected chi connectivity index (χ4v) is 3.14. The molecule has 0 spiro atoms. The third-order valence-corrected chi connectivity index (χ3v) is 4.00. The maximum absolute atomic E-state index is 12.4. The lowest BCUT2D eigenvalue weighted by molar-refractivity contribution is -0.134. The minimum Gasteiger partial charge on any atom is -0.337 e. The van der Waals surface area contributed by atoms with Crippen molar-refractivity contribution in [2.45, 2.75) is 45.2 Å². The van der Waals surface area contributed by atoms with Gasteiger partial charge in [0.25, 0.3) is 0 Å². The first-order valence-electron chi connectivity index (χ1n) is 7.01. The van der Waals surface area contributed by atoms with E-state index in [1.54, 1.807) is 0 Å². The number of halogens is 1. The summed E-state index contributed by atoms with van der Waals surface area (Å²) in [7, 11) is 0. The molecule has 1 fully saturated rings. The predicted molar refractivity (Wildman–Crippen MR) is 84.8 cm³/mol. The number of hydrogen-bond donors (Lipinski definition) is 1. The first-order valence-corrected chi connectivity index (χ1v) is 7.01. The Balaban J connectivity index is 0.00000200. The van der Waals surface area contributed by atoms with Crippen LogP contribution in [0.2, 0.25) is 0 Å². The number of likely N-dealkylation sites (tertiary alicyclic amines) is 1. The molecule has 112 valence electrons. The smallest absolute Gasteiger partial charge is 0.224 e. The van der Waals surface area contributed by atoms with Crippen LogP contribution in [0.5, 0.6) is 0 Å². The Kier molecular flexibility index (Phi) is 5.60. The zero-order chi connectivity index (χ0) is 14.0. The number of nitrogens with two attached hydrogens (primary N) is 1. The van der Waals surface area contributed by atoms with E-state index in [0.29, 0.717) is 12.3 Å². The molecule has 0 bridgehead atoms. The molecule has 0 radical (unpaired) electrons. The summed E-state index contributed by atoms with van der Waals surface area (Å²) in [6.07, 6.45) is 1.46. The molecular weight excluding hydrogens is 272 g/mol. The fraction of sp³-hybridized carbons (Fsp3) is 0.562. The van der Waals surface area contributed by atoms with Crippen LogP contribution < -0.4 is 5.73 Å². The monoisotopic (exact) mass is 296 g/mol. The van der Waals surface area contributed by atoms with Crippen molar-refractivity contribution in [3.63, 3.8) is 0 Å². The molecule has 0 aromatic heterocycles. The quantitative estimate of drug-likeness (QED) is 0.931. The van der Waals surface area contributed by atoms with E-state index in [9.17, 15) is 4.79 Å². The summed E-state index contributed by atoms with van der Waals surface area (Å²) in [6, 6.07) is 9.64. The van der Waals surface area contributed by atoms with Crippen LogP contribution in [0.25, 0.3) is 0 Å². The Morgan fingerprint density at radius 3 is 2.50 bits per heavy atom. The van der Waals surface area contributed by atoms with Crippen LogP contribution in [0.4, 0.5) is 0 Å². The van der Waals surface area contributed by atoms with Gasteiger partial charge in [-0.15, -0.1) is 12.4 Å². The van der Waals surface area contributed by atoms with Gasteiger partial charge in [-0.1, -0.05) is 37.3 Å². The van der Waals surface area contributed by atoms with Gasteiger partial charge in [0.15, 0.2) is 0 Å². The average Bonchev–Trinajstić information content (AvgIpc) is 2.63. The summed E-state index contributed by atoms with van der Waals surface area (Å²) in [5.74, 6) is 0.748. The van der Waals surface area contributed by atoms with E-state index >= 15 is 0 Å². The van der Waals surface area contributed by atoms with E-state index in [2.05, 4.69) is 20.8 Å². The van der Waals surface area contributed by atoms with Crippen LogP contribution in [0.15, 0.2) is 30.3 Å². The summed E-state index contributed by atoms with van der Waals surface area (Å²) in [5.41, 5.74) is 7.13. The maximum Gasteiger partial charge on any atom is 0.224 e. The number of benzene rings is 1. The molecule has 2 unspecified atom stereocenters. The third kappa shape index (κ3) is 3.74. The largest absolute Gasteiger partial charge is 0.337 e. The molecule has 4 heteroatoms. The number of rotatable bonds is 3. The highest BCUT2D eigenvalue weighted by Gasteiger charge is 2.39. The van der Waals surface area contributed by atoms with E-state index in [1.165, 1.54) is 0 Å². The average molecular weight is 297 g/mol. The van der Waals surface area contributed by atoms with Gasteiger partial charge in [0.2, 0.25) is 5.91 Å². The van der Waals surface area contributed by atoms with Crippen molar-refractivity contribution in [3.8, 4) is 0 Å². The molecule has 3 nitrogen and oxygen atoms in total. The topological polar surface area (TPSA) is 46.3 Å². The highest BCUT2D eigenvalue weighted by molar-refractivity contribution is 5.85. The second-order valence-electron chi connectivity index (χ2n) is 6.35. The second-order valence-corrected chi connectivity index (χ2v) is 6.35. The van der Waals surface area contributed by atoms with E-state index in [0.717, 1.165) is 18.5 Å². The van der Waals surface area contributed by atoms with Crippen molar-refractivity contribution in [2.75, 3.05) is 6.54 Å². The van der Waals surface area contributed by atoms with E-state index < -0.39 is 0 Å². The van der Waals surface area contributed by atoms with Crippen LogP contribution >= 0.6 is 12.4 Å². The SMILES string of the molecule is CC1CN(C(=O)CC(N)c2ccccc2)C(C)(C)C1.Cl. The molecule has 2 N–H and O–H groups in total. The molecule has 20 heavy (non-hydrogen) atoms. The number of carbonyl (C=O) groups is 1. The Labute approximate surface area is 127 Å². The van der Waals surface area contributed by atoms with Gasteiger partial charge >= 0.3 is 0 Å². The normalized spacial score (nSPS) is 22.2. The molecule has 1 heterocycles. The molecule has 1 amide bonds. The van der Waals surface area contributed by atoms with Crippen molar-refractivity contribution in [1.82, 2.24) is 4.90 Å². The molecule has 0 aliphatic carbocycles. The zero-order valence-corrected chi connectivity index (χ0v) is 13.3. The Bertz CT molecular complexity index is 447. The molecule has 1 aliphatic rings. The lowest BCUT2D eigenvalue weighted by Crippen LogP contribution is -2.43. The summed E-state index contributed by atoms with van der Waals surface area (Å²) in [6.45, 7) is 7.34.